The van der Waals surface area contributed by atoms with Crippen molar-refractivity contribution >= 4 is 28.8 Å². The molecule has 8 heteroatoms. The van der Waals surface area contributed by atoms with Gasteiger partial charge in [0.15, 0.2) is 10.8 Å². The molecule has 2 aromatic carbocycles. The van der Waals surface area contributed by atoms with E-state index in [0.717, 1.165) is 22.3 Å². The number of aromatic nitrogens is 5. The van der Waals surface area contributed by atoms with Gasteiger partial charge in [-0.1, -0.05) is 72.4 Å². The molecule has 1 amide bonds. The van der Waals surface area contributed by atoms with Crippen LogP contribution in [0.4, 0.5) is 0 Å². The molecule has 0 unspecified atom stereocenters. The molecule has 7 nitrogen and oxygen atoms in total. The topological polar surface area (TPSA) is 76.6 Å². The van der Waals surface area contributed by atoms with E-state index in [-0.39, 0.29) is 11.7 Å². The minimum Gasteiger partial charge on any atom is -0.351 e. The molecular weight excluding hydrogens is 396 g/mol. The van der Waals surface area contributed by atoms with Crippen molar-refractivity contribution in [1.29, 1.82) is 0 Å². The molecule has 0 atom stereocenters. The quantitative estimate of drug-likeness (QED) is 0.431. The van der Waals surface area contributed by atoms with Gasteiger partial charge in [0.05, 0.1) is 11.4 Å². The van der Waals surface area contributed by atoms with Crippen molar-refractivity contribution < 1.29 is 4.79 Å². The van der Waals surface area contributed by atoms with Gasteiger partial charge in [-0.2, -0.15) is 5.10 Å². The van der Waals surface area contributed by atoms with Crippen molar-refractivity contribution in [3.63, 3.8) is 0 Å². The second kappa shape index (κ2) is 8.00. The average Bonchev–Trinajstić information content (AvgIpc) is 3.41. The number of benzene rings is 2. The summed E-state index contributed by atoms with van der Waals surface area (Å²) in [7, 11) is 0. The predicted octanol–water partition coefficient (Wildman–Crippen LogP) is 3.45. The van der Waals surface area contributed by atoms with E-state index in [1.165, 1.54) is 11.8 Å². The Balaban J connectivity index is 1.32. The minimum absolute atomic E-state index is 0.0441. The first-order valence-corrected chi connectivity index (χ1v) is 10.5. The molecule has 0 bridgehead atoms. The highest BCUT2D eigenvalue weighted by molar-refractivity contribution is 7.99. The van der Waals surface area contributed by atoms with Gasteiger partial charge in [-0.15, -0.1) is 10.2 Å². The van der Waals surface area contributed by atoms with E-state index >= 15 is 0 Å². The zero-order valence-corrected chi connectivity index (χ0v) is 16.8. The van der Waals surface area contributed by atoms with Crippen LogP contribution in [0.15, 0.2) is 84.3 Å². The molecule has 5 aromatic rings. The Bertz CT molecular complexity index is 1310. The molecule has 0 spiro atoms. The van der Waals surface area contributed by atoms with Crippen LogP contribution in [0.5, 0.6) is 0 Å². The number of nitrogens with one attached hydrogen (secondary N) is 1. The summed E-state index contributed by atoms with van der Waals surface area (Å²) in [5.41, 5.74) is 4.56. The monoisotopic (exact) mass is 414 g/mol. The maximum atomic E-state index is 12.2. The van der Waals surface area contributed by atoms with Gasteiger partial charge in [0.25, 0.3) is 0 Å². The van der Waals surface area contributed by atoms with Crippen LogP contribution in [0.25, 0.3) is 22.4 Å². The molecule has 1 N–H and O–H groups in total. The number of carbonyl (C=O) groups excluding carboxylic acids is 1. The molecule has 30 heavy (non-hydrogen) atoms. The van der Waals surface area contributed by atoms with Crippen molar-refractivity contribution in [3.8, 4) is 11.3 Å². The number of nitrogens with zero attached hydrogens (tertiary/aromatic N) is 5. The maximum absolute atomic E-state index is 12.2. The third-order valence-electron chi connectivity index (χ3n) is 4.72. The fourth-order valence-corrected chi connectivity index (χ4v) is 3.96. The van der Waals surface area contributed by atoms with Gasteiger partial charge < -0.3 is 5.32 Å². The molecule has 5 rings (SSSR count). The lowest BCUT2D eigenvalue weighted by atomic mass is 10.1. The van der Waals surface area contributed by atoms with E-state index in [1.54, 1.807) is 4.52 Å². The number of rotatable bonds is 6. The molecule has 3 heterocycles. The molecule has 0 saturated carbocycles. The van der Waals surface area contributed by atoms with E-state index in [1.807, 2.05) is 83.5 Å². The Labute approximate surface area is 176 Å². The van der Waals surface area contributed by atoms with Gasteiger partial charge in [0, 0.05) is 24.5 Å². The number of hydrogen-bond acceptors (Lipinski definition) is 5. The smallest absolute Gasteiger partial charge is 0.230 e. The molecule has 0 saturated heterocycles. The number of carbonyl (C=O) groups is 1. The van der Waals surface area contributed by atoms with Crippen molar-refractivity contribution in [1.82, 2.24) is 29.5 Å². The second-order valence-corrected chi connectivity index (χ2v) is 7.69. The first-order valence-electron chi connectivity index (χ1n) is 9.50. The molecule has 0 aliphatic rings. The van der Waals surface area contributed by atoms with E-state index < -0.39 is 0 Å². The third kappa shape index (κ3) is 3.65. The highest BCUT2D eigenvalue weighted by atomic mass is 32.2. The first-order chi connectivity index (χ1) is 14.8. The first kappa shape index (κ1) is 18.4. The summed E-state index contributed by atoms with van der Waals surface area (Å²) in [6, 6.07) is 21.9. The van der Waals surface area contributed by atoms with Crippen molar-refractivity contribution in [2.45, 2.75) is 11.7 Å². The van der Waals surface area contributed by atoms with Gasteiger partial charge in [-0.3, -0.25) is 9.20 Å². The Kier molecular flexibility index (Phi) is 4.90. The van der Waals surface area contributed by atoms with Crippen LogP contribution in [-0.4, -0.2) is 35.9 Å². The Morgan fingerprint density at radius 1 is 0.967 bits per heavy atom. The largest absolute Gasteiger partial charge is 0.351 e. The normalized spacial score (nSPS) is 11.2. The standard InChI is InChI=1S/C22H18N6OS/c29-20(23-14-16-7-3-1-4-8-16)15-30-22-25-24-21-19-13-18(17-9-5-2-6-10-17)26-28(19)12-11-27(21)22/h1-13H,14-15H2,(H,23,29). The van der Waals surface area contributed by atoms with Crippen LogP contribution < -0.4 is 5.32 Å². The Hall–Kier alpha value is -3.65. The molecular formula is C22H18N6OS. The molecule has 0 fully saturated rings. The van der Waals surface area contributed by atoms with Crippen molar-refractivity contribution in [2.24, 2.45) is 0 Å². The number of fused-ring (bicyclic) bond motifs is 3. The molecule has 0 aliphatic carbocycles. The summed E-state index contributed by atoms with van der Waals surface area (Å²) in [5.74, 6) is 0.227. The lowest BCUT2D eigenvalue weighted by molar-refractivity contribution is -0.118. The van der Waals surface area contributed by atoms with Crippen LogP contribution in [0.2, 0.25) is 0 Å². The van der Waals surface area contributed by atoms with Crippen LogP contribution in [-0.2, 0) is 11.3 Å². The van der Waals surface area contributed by atoms with Gasteiger partial charge in [0.1, 0.15) is 5.52 Å². The third-order valence-corrected chi connectivity index (χ3v) is 5.66. The average molecular weight is 414 g/mol. The number of thioether (sulfide) groups is 1. The number of amides is 1. The summed E-state index contributed by atoms with van der Waals surface area (Å²) in [5, 5.41) is 16.8. The highest BCUT2D eigenvalue weighted by Gasteiger charge is 2.14. The summed E-state index contributed by atoms with van der Waals surface area (Å²) >= 11 is 1.36. The zero-order valence-electron chi connectivity index (χ0n) is 16.0. The summed E-state index contributed by atoms with van der Waals surface area (Å²) < 4.78 is 3.69. The fourth-order valence-electron chi connectivity index (χ4n) is 3.22. The zero-order chi connectivity index (χ0) is 20.3. The highest BCUT2D eigenvalue weighted by Crippen LogP contribution is 2.24. The van der Waals surface area contributed by atoms with Gasteiger partial charge >= 0.3 is 0 Å². The summed E-state index contributed by atoms with van der Waals surface area (Å²) in [6.07, 6.45) is 3.74. The van der Waals surface area contributed by atoms with Crippen molar-refractivity contribution in [3.05, 3.63) is 84.7 Å². The number of hydrogen-bond donors (Lipinski definition) is 1. The van der Waals surface area contributed by atoms with Crippen LogP contribution in [0, 0.1) is 0 Å². The fraction of sp³-hybridized carbons (Fsp3) is 0.0909. The van der Waals surface area contributed by atoms with E-state index in [2.05, 4.69) is 20.6 Å². The molecule has 0 radical (unpaired) electrons. The SMILES string of the molecule is O=C(CSc1nnc2c3cc(-c4ccccc4)nn3ccn12)NCc1ccccc1. The van der Waals surface area contributed by atoms with Crippen LogP contribution in [0.1, 0.15) is 5.56 Å². The van der Waals surface area contributed by atoms with E-state index in [4.69, 9.17) is 0 Å². The Morgan fingerprint density at radius 3 is 2.53 bits per heavy atom. The molecule has 3 aromatic heterocycles. The van der Waals surface area contributed by atoms with E-state index in [0.29, 0.717) is 17.3 Å². The molecule has 148 valence electrons. The lowest BCUT2D eigenvalue weighted by Gasteiger charge is -2.04. The minimum atomic E-state index is -0.0441. The van der Waals surface area contributed by atoms with E-state index in [9.17, 15) is 4.79 Å². The van der Waals surface area contributed by atoms with Crippen molar-refractivity contribution in [2.75, 3.05) is 5.75 Å². The van der Waals surface area contributed by atoms with Gasteiger partial charge in [-0.25, -0.2) is 4.52 Å². The van der Waals surface area contributed by atoms with Gasteiger partial charge in [-0.05, 0) is 11.6 Å². The van der Waals surface area contributed by atoms with Gasteiger partial charge in [0.2, 0.25) is 5.91 Å². The predicted molar refractivity (Wildman–Crippen MR) is 116 cm³/mol. The summed E-state index contributed by atoms with van der Waals surface area (Å²) in [4.78, 5) is 12.2. The summed E-state index contributed by atoms with van der Waals surface area (Å²) in [6.45, 7) is 0.513. The van der Waals surface area contributed by atoms with Crippen LogP contribution >= 0.6 is 11.8 Å². The lowest BCUT2D eigenvalue weighted by Crippen LogP contribution is -2.24. The molecule has 0 aliphatic heterocycles. The second-order valence-electron chi connectivity index (χ2n) is 6.75. The maximum Gasteiger partial charge on any atom is 0.230 e. The van der Waals surface area contributed by atoms with Crippen LogP contribution in [0.3, 0.4) is 0 Å². The Morgan fingerprint density at radius 2 is 1.73 bits per heavy atom.